The number of rotatable bonds is 9. The highest BCUT2D eigenvalue weighted by Gasteiger charge is 2.59. The number of benzene rings is 3. The van der Waals surface area contributed by atoms with Gasteiger partial charge in [-0.2, -0.15) is 5.10 Å². The minimum Gasteiger partial charge on any atom is -0.387 e. The summed E-state index contributed by atoms with van der Waals surface area (Å²) in [5, 5.41) is 14.0. The van der Waals surface area contributed by atoms with Crippen LogP contribution in [0.25, 0.3) is 33.5 Å². The summed E-state index contributed by atoms with van der Waals surface area (Å²) in [5.41, 5.74) is 5.57. The number of nitrogens with one attached hydrogen (secondary N) is 2. The molecule has 1 amide bonds. The van der Waals surface area contributed by atoms with E-state index in [4.69, 9.17) is 14.4 Å². The molecule has 1 unspecified atom stereocenters. The summed E-state index contributed by atoms with van der Waals surface area (Å²) >= 11 is 0. The van der Waals surface area contributed by atoms with Gasteiger partial charge in [0.25, 0.3) is 5.91 Å². The Bertz CT molecular complexity index is 3170. The van der Waals surface area contributed by atoms with Crippen LogP contribution in [-0.4, -0.2) is 84.6 Å². The van der Waals surface area contributed by atoms with E-state index in [2.05, 4.69) is 40.6 Å². The second-order valence-electron chi connectivity index (χ2n) is 18.1. The number of H-pyrrole nitrogens is 1. The van der Waals surface area contributed by atoms with Crippen LogP contribution in [0, 0.1) is 25.6 Å². The Morgan fingerprint density at radius 2 is 1.69 bits per heavy atom. The van der Waals surface area contributed by atoms with Gasteiger partial charge in [0.15, 0.2) is 5.82 Å². The normalized spacial score (nSPS) is 20.2. The third-order valence-corrected chi connectivity index (χ3v) is 15.3. The van der Waals surface area contributed by atoms with E-state index in [1.807, 2.05) is 27.1 Å². The van der Waals surface area contributed by atoms with Crippen molar-refractivity contribution in [2.75, 3.05) is 45.5 Å². The quantitative estimate of drug-likeness (QED) is 0.144. The molecule has 2 aliphatic heterocycles. The van der Waals surface area contributed by atoms with Crippen molar-refractivity contribution in [1.29, 1.82) is 0 Å². The maximum Gasteiger partial charge on any atom is 0.438 e. The van der Waals surface area contributed by atoms with Gasteiger partial charge < -0.3 is 24.1 Å². The molecule has 2 fully saturated rings. The molecule has 64 heavy (non-hydrogen) atoms. The number of hydrogen-bond donors (Lipinski definition) is 2. The van der Waals surface area contributed by atoms with E-state index in [-0.39, 0.29) is 23.3 Å². The largest absolute Gasteiger partial charge is 0.438 e. The fraction of sp³-hybridized carbons (Fsp3) is 0.383. The van der Waals surface area contributed by atoms with Crippen LogP contribution in [0.2, 0.25) is 0 Å². The van der Waals surface area contributed by atoms with Crippen LogP contribution in [0.15, 0.2) is 81.1 Å². The maximum absolute atomic E-state index is 15.5. The summed E-state index contributed by atoms with van der Waals surface area (Å²) in [7, 11) is -0.882. The van der Waals surface area contributed by atoms with Gasteiger partial charge >= 0.3 is 11.4 Å². The van der Waals surface area contributed by atoms with Crippen LogP contribution >= 0.6 is 7.14 Å². The number of fused-ring (bicyclic) bond motifs is 2. The number of anilines is 1. The lowest BCUT2D eigenvalue weighted by molar-refractivity contribution is 0.0623. The lowest BCUT2D eigenvalue weighted by atomic mass is 9.91. The Kier molecular flexibility index (Phi) is 9.91. The van der Waals surface area contributed by atoms with Crippen LogP contribution < -0.4 is 22.1 Å². The van der Waals surface area contributed by atoms with Crippen LogP contribution in [-0.2, 0) is 21.4 Å². The molecule has 4 aromatic heterocycles. The first-order valence-electron chi connectivity index (χ1n) is 21.8. The smallest absolute Gasteiger partial charge is 0.387 e. The molecule has 0 radical (unpaired) electrons. The maximum atomic E-state index is 15.5. The molecule has 1 aliphatic carbocycles. The standard InChI is InChI=1S/C47H51FN9O6P/c1-26-20-33(21-27(2)39(26)48)40-42(55-15-14-54(46(55)60)34-9-11-38(64(6,7)61)35(24-34)49-5)41-29(4)53(16-17-56(41)51-40)43(58)37-23-32-22-31(30-12-18-62-19-13-30)8-10-36(32)57(37)47(25-28(47)3)44-50-45(59)63-52-44/h8-11,14-15,20-24,28-30,49H,12-13,16-19,25H2,1-7H3,(H,50,52,59)/t28-,29?,47-/m0/s1. The highest BCUT2D eigenvalue weighted by Crippen LogP contribution is 2.56. The van der Waals surface area contributed by atoms with Gasteiger partial charge in [0.05, 0.1) is 24.0 Å². The van der Waals surface area contributed by atoms with Crippen LogP contribution in [0.1, 0.15) is 83.8 Å². The molecule has 7 aromatic rings. The molecule has 10 rings (SSSR count). The van der Waals surface area contributed by atoms with Crippen LogP contribution in [0.4, 0.5) is 10.1 Å². The van der Waals surface area contributed by atoms with Crippen molar-refractivity contribution in [1.82, 2.24) is 38.5 Å². The second kappa shape index (κ2) is 15.2. The zero-order chi connectivity index (χ0) is 45.0. The number of aryl methyl sites for hydroxylation is 2. The zero-order valence-electron chi connectivity index (χ0n) is 36.9. The van der Waals surface area contributed by atoms with E-state index in [1.54, 1.807) is 81.5 Å². The predicted octanol–water partition coefficient (Wildman–Crippen LogP) is 7.06. The SMILES string of the molecule is CNc1cc(-n2ccn(-c3c(-c4cc(C)c(F)c(C)c4)nn4c3C(C)N(C(=O)c3cc5cc(C6CCOCC6)ccc5n3[C@@]3(c5noc(=O)[nH]5)C[C@@H]3C)CC4)c2=O)ccc1P(C)(C)=O. The van der Waals surface area contributed by atoms with Gasteiger partial charge in [0.2, 0.25) is 0 Å². The number of imidazole rings is 1. The highest BCUT2D eigenvalue weighted by atomic mass is 31.2. The Hall–Kier alpha value is -6.25. The van der Waals surface area contributed by atoms with Gasteiger partial charge in [-0.15, -0.1) is 0 Å². The van der Waals surface area contributed by atoms with Crippen molar-refractivity contribution in [3.8, 4) is 22.6 Å². The molecule has 3 aromatic carbocycles. The molecule has 6 heterocycles. The van der Waals surface area contributed by atoms with Crippen molar-refractivity contribution in [3.63, 3.8) is 0 Å². The first kappa shape index (κ1) is 41.7. The molecule has 0 spiro atoms. The third kappa shape index (κ3) is 6.55. The summed E-state index contributed by atoms with van der Waals surface area (Å²) in [6.07, 6.45) is 5.81. The van der Waals surface area contributed by atoms with E-state index in [1.165, 1.54) is 10.1 Å². The average molecular weight is 888 g/mol. The fourth-order valence-electron chi connectivity index (χ4n) is 10.3. The molecule has 1 saturated heterocycles. The molecule has 15 nitrogen and oxygen atoms in total. The number of halogens is 1. The van der Waals surface area contributed by atoms with Crippen LogP contribution in [0.5, 0.6) is 0 Å². The molecular weight excluding hydrogens is 837 g/mol. The monoisotopic (exact) mass is 887 g/mol. The minimum absolute atomic E-state index is 0.0207. The summed E-state index contributed by atoms with van der Waals surface area (Å²) in [4.78, 5) is 47.2. The summed E-state index contributed by atoms with van der Waals surface area (Å²) in [6, 6.07) is 16.6. The topological polar surface area (TPSA) is 167 Å². The lowest BCUT2D eigenvalue weighted by Gasteiger charge is -2.35. The number of hydrogen-bond acceptors (Lipinski definition) is 9. The Labute approximate surface area is 368 Å². The molecular formula is C47H51FN9O6P. The van der Waals surface area contributed by atoms with Crippen molar-refractivity contribution in [3.05, 3.63) is 128 Å². The van der Waals surface area contributed by atoms with E-state index in [9.17, 15) is 14.2 Å². The number of nitrogens with zero attached hydrogens (tertiary/aromatic N) is 7. The zero-order valence-corrected chi connectivity index (χ0v) is 37.8. The van der Waals surface area contributed by atoms with Gasteiger partial charge in [-0.3, -0.25) is 28.1 Å². The summed E-state index contributed by atoms with van der Waals surface area (Å²) < 4.78 is 45.9. The molecule has 0 bridgehead atoms. The fourth-order valence-corrected chi connectivity index (χ4v) is 11.5. The Morgan fingerprint density at radius 1 is 0.969 bits per heavy atom. The van der Waals surface area contributed by atoms with Crippen molar-refractivity contribution in [2.24, 2.45) is 5.92 Å². The van der Waals surface area contributed by atoms with Crippen molar-refractivity contribution >= 4 is 34.9 Å². The lowest BCUT2D eigenvalue weighted by Crippen LogP contribution is -2.43. The first-order valence-corrected chi connectivity index (χ1v) is 24.4. The molecule has 3 aliphatic rings. The summed E-state index contributed by atoms with van der Waals surface area (Å²) in [5.74, 6) is -0.494. The van der Waals surface area contributed by atoms with Crippen molar-refractivity contribution < 1.29 is 23.0 Å². The second-order valence-corrected chi connectivity index (χ2v) is 21.3. The van der Waals surface area contributed by atoms with Gasteiger partial charge in [0, 0.05) is 66.7 Å². The minimum atomic E-state index is -2.64. The Balaban J connectivity index is 1.12. The number of carbonyl (C=O) groups excluding carboxylic acids is 1. The van der Waals surface area contributed by atoms with Crippen molar-refractivity contribution in [2.45, 2.75) is 71.0 Å². The van der Waals surface area contributed by atoms with E-state index in [0.717, 1.165) is 23.7 Å². The van der Waals surface area contributed by atoms with Crippen LogP contribution in [0.3, 0.4) is 0 Å². The summed E-state index contributed by atoms with van der Waals surface area (Å²) in [6.45, 7) is 12.9. The van der Waals surface area contributed by atoms with E-state index in [0.29, 0.717) is 101 Å². The number of ether oxygens (including phenoxy) is 1. The molecule has 17 heteroatoms. The highest BCUT2D eigenvalue weighted by molar-refractivity contribution is 7.70. The van der Waals surface area contributed by atoms with E-state index >= 15 is 9.18 Å². The number of carbonyl (C=O) groups is 1. The van der Waals surface area contributed by atoms with Gasteiger partial charge in [-0.1, -0.05) is 18.1 Å². The third-order valence-electron chi connectivity index (χ3n) is 13.7. The number of aromatic nitrogens is 7. The van der Waals surface area contributed by atoms with Gasteiger partial charge in [-0.25, -0.2) is 14.0 Å². The number of aromatic amines is 1. The molecule has 1 saturated carbocycles. The first-order chi connectivity index (χ1) is 30.6. The predicted molar refractivity (Wildman–Crippen MR) is 243 cm³/mol. The molecule has 332 valence electrons. The number of amides is 1. The van der Waals surface area contributed by atoms with E-state index < -0.39 is 24.5 Å². The average Bonchev–Trinajstić information content (AvgIpc) is 3.77. The van der Waals surface area contributed by atoms with Gasteiger partial charge in [0.1, 0.15) is 35.6 Å². The molecule has 2 N–H and O–H groups in total. The molecule has 3 atom stereocenters. The Morgan fingerprint density at radius 3 is 2.34 bits per heavy atom. The van der Waals surface area contributed by atoms with Gasteiger partial charge in [-0.05, 0) is 130 Å².